The Balaban J connectivity index is 1.47. The van der Waals surface area contributed by atoms with E-state index < -0.39 is 0 Å². The van der Waals surface area contributed by atoms with Crippen LogP contribution in [0.25, 0.3) is 11.4 Å². The van der Waals surface area contributed by atoms with E-state index >= 15 is 0 Å². The van der Waals surface area contributed by atoms with Crippen molar-refractivity contribution in [3.63, 3.8) is 0 Å². The van der Waals surface area contributed by atoms with E-state index in [2.05, 4.69) is 21.0 Å². The van der Waals surface area contributed by atoms with Crippen LogP contribution < -0.4 is 10.9 Å². The zero-order valence-corrected chi connectivity index (χ0v) is 14.7. The SMILES string of the molecule is Cc1ccc(-c2noc(SCC(=O)NNC(=O)c3ccccc3)n2)cc1. The van der Waals surface area contributed by atoms with E-state index in [0.29, 0.717) is 11.4 Å². The third kappa shape index (κ3) is 4.70. The van der Waals surface area contributed by atoms with Gasteiger partial charge in [-0.15, -0.1) is 0 Å². The highest BCUT2D eigenvalue weighted by Gasteiger charge is 2.12. The van der Waals surface area contributed by atoms with E-state index in [4.69, 9.17) is 4.52 Å². The second-order valence-electron chi connectivity index (χ2n) is 5.41. The van der Waals surface area contributed by atoms with Gasteiger partial charge in [0.1, 0.15) is 0 Å². The average Bonchev–Trinajstić information content (AvgIpc) is 3.14. The molecule has 0 bridgehead atoms. The number of aryl methyl sites for hydroxylation is 1. The van der Waals surface area contributed by atoms with Crippen LogP contribution in [-0.4, -0.2) is 27.7 Å². The van der Waals surface area contributed by atoms with Gasteiger partial charge in [-0.3, -0.25) is 20.4 Å². The Hall–Kier alpha value is -3.13. The number of hydrogen-bond acceptors (Lipinski definition) is 6. The molecule has 1 aromatic heterocycles. The molecule has 8 heteroatoms. The van der Waals surface area contributed by atoms with E-state index in [0.717, 1.165) is 22.9 Å². The number of benzene rings is 2. The quantitative estimate of drug-likeness (QED) is 0.531. The van der Waals surface area contributed by atoms with Gasteiger partial charge in [0.05, 0.1) is 5.75 Å². The predicted octanol–water partition coefficient (Wildman–Crippen LogP) is 2.60. The molecule has 3 aromatic rings. The van der Waals surface area contributed by atoms with Gasteiger partial charge in [-0.05, 0) is 19.1 Å². The topological polar surface area (TPSA) is 97.1 Å². The van der Waals surface area contributed by atoms with E-state index in [1.807, 2.05) is 31.2 Å². The average molecular weight is 368 g/mol. The van der Waals surface area contributed by atoms with Crippen LogP contribution in [0.2, 0.25) is 0 Å². The summed E-state index contributed by atoms with van der Waals surface area (Å²) in [6.45, 7) is 2.00. The molecule has 26 heavy (non-hydrogen) atoms. The minimum absolute atomic E-state index is 0.0323. The number of amides is 2. The number of carbonyl (C=O) groups is 2. The van der Waals surface area contributed by atoms with Crippen molar-refractivity contribution >= 4 is 23.6 Å². The molecule has 7 nitrogen and oxygen atoms in total. The van der Waals surface area contributed by atoms with Crippen LogP contribution in [0, 0.1) is 6.92 Å². The van der Waals surface area contributed by atoms with Crippen molar-refractivity contribution in [3.05, 3.63) is 65.7 Å². The largest absolute Gasteiger partial charge is 0.327 e. The van der Waals surface area contributed by atoms with Crippen LogP contribution in [0.4, 0.5) is 0 Å². The van der Waals surface area contributed by atoms with Gasteiger partial charge in [0.15, 0.2) is 0 Å². The van der Waals surface area contributed by atoms with Crippen molar-refractivity contribution in [3.8, 4) is 11.4 Å². The van der Waals surface area contributed by atoms with Gasteiger partial charge in [-0.25, -0.2) is 0 Å². The maximum atomic E-state index is 11.8. The van der Waals surface area contributed by atoms with Crippen LogP contribution in [-0.2, 0) is 4.79 Å². The molecule has 2 N–H and O–H groups in total. The zero-order chi connectivity index (χ0) is 18.4. The van der Waals surface area contributed by atoms with Crippen LogP contribution in [0.5, 0.6) is 0 Å². The Morgan fingerprint density at radius 1 is 1.04 bits per heavy atom. The molecule has 0 unspecified atom stereocenters. The maximum Gasteiger partial charge on any atom is 0.286 e. The molecule has 0 aliphatic rings. The van der Waals surface area contributed by atoms with Crippen LogP contribution in [0.3, 0.4) is 0 Å². The first-order chi connectivity index (χ1) is 12.6. The summed E-state index contributed by atoms with van der Waals surface area (Å²) >= 11 is 1.09. The van der Waals surface area contributed by atoms with Gasteiger partial charge in [-0.2, -0.15) is 4.98 Å². The third-order valence-electron chi connectivity index (χ3n) is 3.40. The molecular weight excluding hydrogens is 352 g/mol. The van der Waals surface area contributed by atoms with E-state index in [-0.39, 0.29) is 22.8 Å². The summed E-state index contributed by atoms with van der Waals surface area (Å²) < 4.78 is 5.13. The first kappa shape index (κ1) is 17.7. The molecule has 0 spiro atoms. The van der Waals surface area contributed by atoms with Crippen molar-refractivity contribution in [1.82, 2.24) is 21.0 Å². The third-order valence-corrected chi connectivity index (χ3v) is 4.21. The second-order valence-corrected chi connectivity index (χ2v) is 6.33. The van der Waals surface area contributed by atoms with Crippen LogP contribution in [0.1, 0.15) is 15.9 Å². The minimum atomic E-state index is -0.386. The van der Waals surface area contributed by atoms with Crippen molar-refractivity contribution in [2.24, 2.45) is 0 Å². The molecular formula is C18H16N4O3S. The molecule has 0 saturated heterocycles. The minimum Gasteiger partial charge on any atom is -0.327 e. The standard InChI is InChI=1S/C18H16N4O3S/c1-12-7-9-13(10-8-12)16-19-18(25-22-16)26-11-15(23)20-21-17(24)14-5-3-2-4-6-14/h2-10H,11H2,1H3,(H,20,23)(H,21,24). The highest BCUT2D eigenvalue weighted by atomic mass is 32.2. The fourth-order valence-electron chi connectivity index (χ4n) is 2.04. The van der Waals surface area contributed by atoms with Gasteiger partial charge in [-0.1, -0.05) is 64.9 Å². The van der Waals surface area contributed by atoms with Crippen molar-refractivity contribution in [2.45, 2.75) is 12.1 Å². The fourth-order valence-corrected chi connectivity index (χ4v) is 2.61. The number of thioether (sulfide) groups is 1. The molecule has 3 rings (SSSR count). The van der Waals surface area contributed by atoms with Crippen molar-refractivity contribution in [1.29, 1.82) is 0 Å². The Bertz CT molecular complexity index is 894. The first-order valence-corrected chi connectivity index (χ1v) is 8.78. The van der Waals surface area contributed by atoms with Gasteiger partial charge < -0.3 is 4.52 Å². The number of hydrazine groups is 1. The highest BCUT2D eigenvalue weighted by Crippen LogP contribution is 2.21. The molecule has 2 amide bonds. The highest BCUT2D eigenvalue weighted by molar-refractivity contribution is 7.99. The Morgan fingerprint density at radius 2 is 1.77 bits per heavy atom. The Kier molecular flexibility index (Phi) is 5.65. The molecule has 132 valence electrons. The molecule has 1 heterocycles. The van der Waals surface area contributed by atoms with E-state index in [1.54, 1.807) is 30.3 Å². The lowest BCUT2D eigenvalue weighted by Crippen LogP contribution is -2.42. The lowest BCUT2D eigenvalue weighted by atomic mass is 10.1. The summed E-state index contributed by atoms with van der Waals surface area (Å²) in [4.78, 5) is 27.9. The summed E-state index contributed by atoms with van der Waals surface area (Å²) in [5, 5.41) is 4.18. The summed E-state index contributed by atoms with van der Waals surface area (Å²) in [7, 11) is 0. The summed E-state index contributed by atoms with van der Waals surface area (Å²) in [5.41, 5.74) is 7.14. The number of carbonyl (C=O) groups excluding carboxylic acids is 2. The van der Waals surface area contributed by atoms with Gasteiger partial charge >= 0.3 is 0 Å². The first-order valence-electron chi connectivity index (χ1n) is 7.79. The number of nitrogens with one attached hydrogen (secondary N) is 2. The number of hydrogen-bond donors (Lipinski definition) is 2. The normalized spacial score (nSPS) is 10.3. The number of rotatable bonds is 5. The fraction of sp³-hybridized carbons (Fsp3) is 0.111. The molecule has 0 atom stereocenters. The van der Waals surface area contributed by atoms with E-state index in [1.165, 1.54) is 0 Å². The smallest absolute Gasteiger partial charge is 0.286 e. The van der Waals surface area contributed by atoms with E-state index in [9.17, 15) is 9.59 Å². The van der Waals surface area contributed by atoms with Crippen molar-refractivity contribution < 1.29 is 14.1 Å². The van der Waals surface area contributed by atoms with Crippen LogP contribution in [0.15, 0.2) is 64.3 Å². The molecule has 0 fully saturated rings. The zero-order valence-electron chi connectivity index (χ0n) is 13.9. The molecule has 0 radical (unpaired) electrons. The maximum absolute atomic E-state index is 11.8. The van der Waals surface area contributed by atoms with Gasteiger partial charge in [0.2, 0.25) is 11.7 Å². The summed E-state index contributed by atoms with van der Waals surface area (Å²) in [5.74, 6) is -0.270. The summed E-state index contributed by atoms with van der Waals surface area (Å²) in [6, 6.07) is 16.3. The molecule has 0 saturated carbocycles. The predicted molar refractivity (Wildman–Crippen MR) is 97.2 cm³/mol. The van der Waals surface area contributed by atoms with Crippen molar-refractivity contribution in [2.75, 3.05) is 5.75 Å². The number of aromatic nitrogens is 2. The molecule has 0 aliphatic carbocycles. The molecule has 0 aliphatic heterocycles. The monoisotopic (exact) mass is 368 g/mol. The second kappa shape index (κ2) is 8.30. The Labute approximate surface area is 154 Å². The lowest BCUT2D eigenvalue weighted by Gasteiger charge is -2.06. The lowest BCUT2D eigenvalue weighted by molar-refractivity contribution is -0.119. The molecule has 2 aromatic carbocycles. The van der Waals surface area contributed by atoms with Gasteiger partial charge in [0, 0.05) is 11.1 Å². The Morgan fingerprint density at radius 3 is 2.50 bits per heavy atom. The summed E-state index contributed by atoms with van der Waals surface area (Å²) in [6.07, 6.45) is 0. The van der Waals surface area contributed by atoms with Crippen LogP contribution >= 0.6 is 11.8 Å². The van der Waals surface area contributed by atoms with Gasteiger partial charge in [0.25, 0.3) is 11.1 Å². The number of nitrogens with zero attached hydrogens (tertiary/aromatic N) is 2.